The van der Waals surface area contributed by atoms with E-state index in [2.05, 4.69) is 10.3 Å². The van der Waals surface area contributed by atoms with Crippen LogP contribution in [-0.2, 0) is 0 Å². The Balaban J connectivity index is 2.11. The van der Waals surface area contributed by atoms with Crippen molar-refractivity contribution in [2.75, 3.05) is 19.7 Å². The Bertz CT molecular complexity index is 216. The molecule has 0 aliphatic heterocycles. The van der Waals surface area contributed by atoms with Crippen LogP contribution in [0.5, 0.6) is 5.19 Å². The lowest BCUT2D eigenvalue weighted by Crippen LogP contribution is -2.31. The van der Waals surface area contributed by atoms with Crippen LogP contribution < -0.4 is 10.1 Å². The predicted molar refractivity (Wildman–Crippen MR) is 52.2 cm³/mol. The van der Waals surface area contributed by atoms with Gasteiger partial charge in [-0.3, -0.25) is 0 Å². The van der Waals surface area contributed by atoms with Crippen LogP contribution in [0.3, 0.4) is 0 Å². The van der Waals surface area contributed by atoms with Gasteiger partial charge >= 0.3 is 0 Å². The highest BCUT2D eigenvalue weighted by Crippen LogP contribution is 2.13. The molecule has 2 N–H and O–H groups in total. The van der Waals surface area contributed by atoms with Crippen molar-refractivity contribution in [2.24, 2.45) is 0 Å². The highest BCUT2D eigenvalue weighted by Gasteiger charge is 2.04. The van der Waals surface area contributed by atoms with E-state index >= 15 is 0 Å². The average Bonchev–Trinajstić information content (AvgIpc) is 2.64. The van der Waals surface area contributed by atoms with Gasteiger partial charge in [-0.15, -0.1) is 0 Å². The molecular weight excluding hydrogens is 188 g/mol. The Kier molecular flexibility index (Phi) is 4.74. The standard InChI is InChI=1S/C8H14N2O2S/c1-2-9-5-7(11)6-12-8-10-3-4-13-8/h3-4,7,9,11H,2,5-6H2,1H3. The number of nitrogens with zero attached hydrogens (tertiary/aromatic N) is 1. The summed E-state index contributed by atoms with van der Waals surface area (Å²) in [7, 11) is 0. The lowest BCUT2D eigenvalue weighted by Gasteiger charge is -2.10. The van der Waals surface area contributed by atoms with Crippen LogP contribution in [0.2, 0.25) is 0 Å². The van der Waals surface area contributed by atoms with Gasteiger partial charge < -0.3 is 15.2 Å². The van der Waals surface area contributed by atoms with Gasteiger partial charge in [0.25, 0.3) is 5.19 Å². The van der Waals surface area contributed by atoms with E-state index in [0.717, 1.165) is 6.54 Å². The van der Waals surface area contributed by atoms with E-state index < -0.39 is 6.10 Å². The van der Waals surface area contributed by atoms with Crippen LogP contribution in [-0.4, -0.2) is 35.9 Å². The Labute approximate surface area is 81.6 Å². The fraction of sp³-hybridized carbons (Fsp3) is 0.625. The van der Waals surface area contributed by atoms with E-state index in [1.165, 1.54) is 11.3 Å². The molecule has 0 aliphatic rings. The van der Waals surface area contributed by atoms with E-state index in [1.807, 2.05) is 12.3 Å². The van der Waals surface area contributed by atoms with Crippen molar-refractivity contribution in [1.29, 1.82) is 0 Å². The van der Waals surface area contributed by atoms with Crippen molar-refractivity contribution in [3.8, 4) is 5.19 Å². The van der Waals surface area contributed by atoms with Gasteiger partial charge in [0.2, 0.25) is 0 Å². The molecule has 0 amide bonds. The fourth-order valence-corrected chi connectivity index (χ4v) is 1.31. The lowest BCUT2D eigenvalue weighted by atomic mass is 10.4. The van der Waals surface area contributed by atoms with Crippen LogP contribution in [0, 0.1) is 0 Å². The largest absolute Gasteiger partial charge is 0.467 e. The Hall–Kier alpha value is -0.650. The van der Waals surface area contributed by atoms with Crippen LogP contribution in [0.1, 0.15) is 6.92 Å². The molecule has 5 heteroatoms. The Morgan fingerprint density at radius 3 is 3.23 bits per heavy atom. The second-order valence-corrected chi connectivity index (χ2v) is 3.43. The first-order chi connectivity index (χ1) is 6.33. The number of thiazole rings is 1. The monoisotopic (exact) mass is 202 g/mol. The minimum absolute atomic E-state index is 0.292. The number of ether oxygens (including phenoxy) is 1. The number of aliphatic hydroxyl groups is 1. The maximum atomic E-state index is 9.37. The molecule has 0 saturated carbocycles. The summed E-state index contributed by atoms with van der Waals surface area (Å²) in [6.45, 7) is 3.70. The highest BCUT2D eigenvalue weighted by molar-refractivity contribution is 7.11. The molecule has 1 aromatic rings. The van der Waals surface area contributed by atoms with Gasteiger partial charge in [0, 0.05) is 18.1 Å². The first-order valence-corrected chi connectivity index (χ1v) is 5.12. The lowest BCUT2D eigenvalue weighted by molar-refractivity contribution is 0.107. The van der Waals surface area contributed by atoms with Crippen molar-refractivity contribution in [1.82, 2.24) is 10.3 Å². The maximum Gasteiger partial charge on any atom is 0.273 e. The quantitative estimate of drug-likeness (QED) is 0.705. The fourth-order valence-electron chi connectivity index (χ4n) is 0.819. The van der Waals surface area contributed by atoms with Gasteiger partial charge in [0.15, 0.2) is 0 Å². The normalized spacial score (nSPS) is 12.8. The van der Waals surface area contributed by atoms with Gasteiger partial charge in [0.1, 0.15) is 12.7 Å². The van der Waals surface area contributed by atoms with E-state index in [1.54, 1.807) is 6.20 Å². The van der Waals surface area contributed by atoms with Crippen LogP contribution in [0.25, 0.3) is 0 Å². The number of hydrogen-bond donors (Lipinski definition) is 2. The number of hydrogen-bond acceptors (Lipinski definition) is 5. The molecule has 13 heavy (non-hydrogen) atoms. The van der Waals surface area contributed by atoms with E-state index in [-0.39, 0.29) is 0 Å². The molecular formula is C8H14N2O2S. The molecule has 74 valence electrons. The third-order valence-corrected chi connectivity index (χ3v) is 2.12. The van der Waals surface area contributed by atoms with Crippen molar-refractivity contribution in [3.05, 3.63) is 11.6 Å². The third-order valence-electron chi connectivity index (χ3n) is 1.44. The van der Waals surface area contributed by atoms with Gasteiger partial charge in [-0.1, -0.05) is 18.3 Å². The molecule has 1 atom stereocenters. The van der Waals surface area contributed by atoms with Crippen molar-refractivity contribution < 1.29 is 9.84 Å². The van der Waals surface area contributed by atoms with Crippen LogP contribution in [0.15, 0.2) is 11.6 Å². The van der Waals surface area contributed by atoms with E-state index in [4.69, 9.17) is 4.74 Å². The number of likely N-dealkylation sites (N-methyl/N-ethyl adjacent to an activating group) is 1. The molecule has 0 aliphatic carbocycles. The summed E-state index contributed by atoms with van der Waals surface area (Å²) in [5.41, 5.74) is 0. The molecule has 1 aromatic heterocycles. The zero-order valence-corrected chi connectivity index (χ0v) is 8.38. The van der Waals surface area contributed by atoms with Crippen molar-refractivity contribution >= 4 is 11.3 Å². The van der Waals surface area contributed by atoms with Gasteiger partial charge in [0.05, 0.1) is 0 Å². The summed E-state index contributed by atoms with van der Waals surface area (Å²) in [6, 6.07) is 0. The summed E-state index contributed by atoms with van der Waals surface area (Å²) in [5.74, 6) is 0. The molecule has 0 bridgehead atoms. The zero-order valence-electron chi connectivity index (χ0n) is 7.56. The van der Waals surface area contributed by atoms with Crippen LogP contribution >= 0.6 is 11.3 Å². The summed E-state index contributed by atoms with van der Waals surface area (Å²) in [6.07, 6.45) is 1.21. The number of nitrogens with one attached hydrogen (secondary N) is 1. The average molecular weight is 202 g/mol. The Morgan fingerprint density at radius 1 is 1.77 bits per heavy atom. The molecule has 1 unspecified atom stereocenters. The molecule has 0 fully saturated rings. The smallest absolute Gasteiger partial charge is 0.273 e. The first-order valence-electron chi connectivity index (χ1n) is 4.24. The number of rotatable bonds is 6. The molecule has 0 spiro atoms. The summed E-state index contributed by atoms with van der Waals surface area (Å²) in [4.78, 5) is 3.93. The predicted octanol–water partition coefficient (Wildman–Crippen LogP) is 0.492. The molecule has 1 rings (SSSR count). The topological polar surface area (TPSA) is 54.4 Å². The van der Waals surface area contributed by atoms with E-state index in [9.17, 15) is 5.11 Å². The van der Waals surface area contributed by atoms with Crippen molar-refractivity contribution in [3.63, 3.8) is 0 Å². The summed E-state index contributed by atoms with van der Waals surface area (Å²) >= 11 is 1.42. The van der Waals surface area contributed by atoms with E-state index in [0.29, 0.717) is 18.3 Å². The molecule has 4 nitrogen and oxygen atoms in total. The maximum absolute atomic E-state index is 9.37. The minimum Gasteiger partial charge on any atom is -0.467 e. The molecule has 0 aromatic carbocycles. The second-order valence-electron chi connectivity index (χ2n) is 2.57. The summed E-state index contributed by atoms with van der Waals surface area (Å²) < 4.78 is 5.22. The van der Waals surface area contributed by atoms with Gasteiger partial charge in [-0.2, -0.15) is 0 Å². The first kappa shape index (κ1) is 10.4. The van der Waals surface area contributed by atoms with Crippen LogP contribution in [0.4, 0.5) is 0 Å². The Morgan fingerprint density at radius 2 is 2.62 bits per heavy atom. The molecule has 0 saturated heterocycles. The number of aromatic nitrogens is 1. The zero-order chi connectivity index (χ0) is 9.52. The van der Waals surface area contributed by atoms with Crippen molar-refractivity contribution in [2.45, 2.75) is 13.0 Å². The second kappa shape index (κ2) is 5.90. The molecule has 0 radical (unpaired) electrons. The van der Waals surface area contributed by atoms with Gasteiger partial charge in [-0.25, -0.2) is 4.98 Å². The highest BCUT2D eigenvalue weighted by atomic mass is 32.1. The third kappa shape index (κ3) is 4.21. The summed E-state index contributed by atoms with van der Waals surface area (Å²) in [5, 5.41) is 14.8. The molecule has 1 heterocycles. The minimum atomic E-state index is -0.469. The SMILES string of the molecule is CCNCC(O)COc1nccs1. The number of aliphatic hydroxyl groups excluding tert-OH is 1. The van der Waals surface area contributed by atoms with Gasteiger partial charge in [-0.05, 0) is 6.54 Å².